The first-order chi connectivity index (χ1) is 12.0. The smallest absolute Gasteiger partial charge is 0.811 e. The summed E-state index contributed by atoms with van der Waals surface area (Å²) >= 11 is 0. The van der Waals surface area contributed by atoms with Gasteiger partial charge in [-0.3, -0.25) is 0 Å². The molecule has 0 amide bonds. The van der Waals surface area contributed by atoms with Gasteiger partial charge in [-0.15, -0.1) is 0 Å². The fourth-order valence-corrected chi connectivity index (χ4v) is 3.75. The first kappa shape index (κ1) is 33.7. The second-order valence-electron chi connectivity index (χ2n) is 7.59. The van der Waals surface area contributed by atoms with Crippen LogP contribution in [0, 0.1) is 0 Å². The van der Waals surface area contributed by atoms with Gasteiger partial charge in [-0.1, -0.05) is 98.0 Å². The van der Waals surface area contributed by atoms with Crippen molar-refractivity contribution < 1.29 is 73.5 Å². The zero-order valence-corrected chi connectivity index (χ0v) is 23.7. The number of hydrogen-bond acceptors (Lipinski definition) is 4. The summed E-state index contributed by atoms with van der Waals surface area (Å²) in [4.78, 5) is 23.3. The van der Waals surface area contributed by atoms with Crippen molar-refractivity contribution in [2.24, 2.45) is 0 Å². The van der Waals surface area contributed by atoms with E-state index < -0.39 is 7.60 Å². The van der Waals surface area contributed by atoms with Gasteiger partial charge in [0.05, 0.1) is 0 Å². The largest absolute Gasteiger partial charge is 1.00 e. The molecular formula is C20H42NNa2O3P. The van der Waals surface area contributed by atoms with E-state index in [9.17, 15) is 14.4 Å². The van der Waals surface area contributed by atoms with E-state index in [4.69, 9.17) is 0 Å². The molecule has 0 atom stereocenters. The number of unbranched alkanes of at least 4 members (excludes halogenated alkanes) is 13. The monoisotopic (exact) mass is 421 g/mol. The normalized spacial score (nSPS) is 11.3. The molecule has 0 aliphatic rings. The van der Waals surface area contributed by atoms with Crippen LogP contribution in [0.2, 0.25) is 0 Å². The molecule has 0 bridgehead atoms. The van der Waals surface area contributed by atoms with E-state index >= 15 is 0 Å². The molecule has 0 aromatic carbocycles. The Labute approximate surface area is 213 Å². The number of rotatable bonds is 19. The molecule has 4 nitrogen and oxygen atoms in total. The van der Waals surface area contributed by atoms with Crippen LogP contribution in [0.3, 0.4) is 0 Å². The molecule has 0 aliphatic heterocycles. The minimum absolute atomic E-state index is 0. The van der Waals surface area contributed by atoms with Crippen molar-refractivity contribution in [3.05, 3.63) is 0 Å². The Morgan fingerprint density at radius 1 is 0.630 bits per heavy atom. The average molecular weight is 422 g/mol. The summed E-state index contributed by atoms with van der Waals surface area (Å²) in [5.74, 6) is 0. The molecule has 0 saturated carbocycles. The van der Waals surface area contributed by atoms with Gasteiger partial charge in [-0.05, 0) is 39.1 Å². The van der Waals surface area contributed by atoms with E-state index in [1.807, 2.05) is 7.05 Å². The molecule has 0 spiro atoms. The predicted octanol–water partition coefficient (Wildman–Crippen LogP) is -1.29. The summed E-state index contributed by atoms with van der Waals surface area (Å²) in [6.45, 7) is 3.97. The van der Waals surface area contributed by atoms with E-state index in [1.165, 1.54) is 89.9 Å². The Morgan fingerprint density at radius 3 is 1.33 bits per heavy atom. The summed E-state index contributed by atoms with van der Waals surface area (Å²) in [6.07, 6.45) is 19.3. The van der Waals surface area contributed by atoms with Crippen LogP contribution < -0.4 is 68.9 Å². The Bertz CT molecular complexity index is 330. The Balaban J connectivity index is -0.00000288. The number of hydrogen-bond donors (Lipinski definition) is 0. The van der Waals surface area contributed by atoms with Crippen LogP contribution in [0.25, 0.3) is 0 Å². The molecule has 0 N–H and O–H groups in total. The van der Waals surface area contributed by atoms with Crippen LogP contribution >= 0.6 is 7.60 Å². The molecule has 0 aliphatic carbocycles. The van der Waals surface area contributed by atoms with Gasteiger partial charge in [0.1, 0.15) is 0 Å². The van der Waals surface area contributed by atoms with Gasteiger partial charge < -0.3 is 19.3 Å². The molecule has 0 rings (SSSR count). The topological polar surface area (TPSA) is 66.4 Å². The third kappa shape index (κ3) is 30.4. The molecule has 0 aromatic heterocycles. The molecule has 27 heavy (non-hydrogen) atoms. The van der Waals surface area contributed by atoms with Gasteiger partial charge >= 0.3 is 59.1 Å². The molecule has 0 aromatic rings. The second-order valence-corrected chi connectivity index (χ2v) is 9.26. The van der Waals surface area contributed by atoms with Crippen molar-refractivity contribution in [2.75, 3.05) is 26.3 Å². The van der Waals surface area contributed by atoms with Crippen LogP contribution in [-0.4, -0.2) is 31.2 Å². The molecule has 0 unspecified atom stereocenters. The maximum Gasteiger partial charge on any atom is 1.00 e. The van der Waals surface area contributed by atoms with E-state index in [2.05, 4.69) is 11.8 Å². The fraction of sp³-hybridized carbons (Fsp3) is 1.00. The maximum atomic E-state index is 10.6. The first-order valence-corrected chi connectivity index (χ1v) is 12.4. The Hall–Kier alpha value is 2.11. The molecule has 0 fully saturated rings. The van der Waals surface area contributed by atoms with Crippen molar-refractivity contribution in [2.45, 2.75) is 103 Å². The molecule has 0 saturated heterocycles. The predicted molar refractivity (Wildman–Crippen MR) is 105 cm³/mol. The third-order valence-corrected chi connectivity index (χ3v) is 5.73. The van der Waals surface area contributed by atoms with Gasteiger partial charge in [-0.2, -0.15) is 0 Å². The van der Waals surface area contributed by atoms with E-state index in [0.717, 1.165) is 6.54 Å². The van der Waals surface area contributed by atoms with Gasteiger partial charge in [0, 0.05) is 0 Å². The molecule has 0 heterocycles. The number of nitrogens with zero attached hydrogens (tertiary/aromatic N) is 1. The van der Waals surface area contributed by atoms with Crippen LogP contribution in [0.1, 0.15) is 103 Å². The van der Waals surface area contributed by atoms with Gasteiger partial charge in [0.15, 0.2) is 0 Å². The van der Waals surface area contributed by atoms with Crippen molar-refractivity contribution in [1.82, 2.24) is 4.90 Å². The van der Waals surface area contributed by atoms with Crippen LogP contribution in [-0.2, 0) is 4.57 Å². The molecular weight excluding hydrogens is 379 g/mol. The van der Waals surface area contributed by atoms with Crippen molar-refractivity contribution >= 4 is 7.60 Å². The van der Waals surface area contributed by atoms with Crippen molar-refractivity contribution in [1.29, 1.82) is 0 Å². The van der Waals surface area contributed by atoms with Gasteiger partial charge in [-0.25, -0.2) is 0 Å². The zero-order chi connectivity index (χ0) is 18.8. The van der Waals surface area contributed by atoms with Crippen LogP contribution in [0.15, 0.2) is 0 Å². The van der Waals surface area contributed by atoms with E-state index in [1.54, 1.807) is 0 Å². The minimum Gasteiger partial charge on any atom is -0.811 e. The van der Waals surface area contributed by atoms with Crippen LogP contribution in [0.5, 0.6) is 0 Å². The molecule has 7 heteroatoms. The summed E-state index contributed by atoms with van der Waals surface area (Å²) in [5.41, 5.74) is 0. The standard InChI is InChI=1S/C20H44NO3P.2Na/c1-3-4-5-6-7-8-9-10-11-12-13-14-15-16-18-21(2)19-17-20-25(22,23)24;;/h3-20H2,1-2H3,(H2,22,23,24);;/q;2*+1/p-2. The Morgan fingerprint density at radius 2 is 0.963 bits per heavy atom. The molecule has 0 radical (unpaired) electrons. The SMILES string of the molecule is CCCCCCCCCCCCCCCCN(C)CCCP(=O)([O-])[O-].[Na+].[Na+]. The van der Waals surface area contributed by atoms with Gasteiger partial charge in [0.25, 0.3) is 0 Å². The zero-order valence-electron chi connectivity index (χ0n) is 18.8. The quantitative estimate of drug-likeness (QED) is 0.148. The first-order valence-electron chi connectivity index (χ1n) is 10.7. The Kier molecular flexibility index (Phi) is 30.5. The van der Waals surface area contributed by atoms with Crippen LogP contribution in [0.4, 0.5) is 0 Å². The molecule has 152 valence electrons. The third-order valence-electron chi connectivity index (χ3n) is 4.87. The maximum absolute atomic E-state index is 10.6. The van der Waals surface area contributed by atoms with E-state index in [-0.39, 0.29) is 65.3 Å². The fourth-order valence-electron chi connectivity index (χ4n) is 3.22. The van der Waals surface area contributed by atoms with Crippen molar-refractivity contribution in [3.63, 3.8) is 0 Å². The summed E-state index contributed by atoms with van der Waals surface area (Å²) in [5, 5.41) is 0. The second kappa shape index (κ2) is 24.4. The summed E-state index contributed by atoms with van der Waals surface area (Å²) in [7, 11) is -2.31. The van der Waals surface area contributed by atoms with Crippen molar-refractivity contribution in [3.8, 4) is 0 Å². The summed E-state index contributed by atoms with van der Waals surface area (Å²) in [6, 6.07) is 0. The average Bonchev–Trinajstić information content (AvgIpc) is 2.54. The van der Waals surface area contributed by atoms with E-state index in [0.29, 0.717) is 13.0 Å². The minimum atomic E-state index is -4.31. The summed E-state index contributed by atoms with van der Waals surface area (Å²) < 4.78 is 10.6. The van der Waals surface area contributed by atoms with Gasteiger partial charge in [0.2, 0.25) is 0 Å².